The van der Waals surface area contributed by atoms with Gasteiger partial charge in [0.25, 0.3) is 0 Å². The monoisotopic (exact) mass is 357 g/mol. The van der Waals surface area contributed by atoms with Crippen molar-refractivity contribution in [2.45, 2.75) is 31.8 Å². The van der Waals surface area contributed by atoms with E-state index in [0.717, 1.165) is 44.6 Å². The first kappa shape index (κ1) is 18.0. The number of benzene rings is 1. The number of halogens is 3. The van der Waals surface area contributed by atoms with Gasteiger partial charge in [-0.3, -0.25) is 14.6 Å². The first-order valence-electron chi connectivity index (χ1n) is 8.46. The molecule has 1 amide bonds. The molecule has 2 aliphatic rings. The minimum absolute atomic E-state index is 0.0937. The molecule has 25 heavy (non-hydrogen) atoms. The molecule has 1 aliphatic heterocycles. The largest absolute Gasteiger partial charge is 0.573 e. The molecule has 0 atom stereocenters. The molecular formula is C17H22F3N3O2. The minimum Gasteiger partial charge on any atom is -0.406 e. The normalized spacial score (nSPS) is 19.6. The lowest BCUT2D eigenvalue weighted by atomic mass is 10.2. The SMILES string of the molecule is O=C(CN1CCN(Cc2ccc(OC(F)(F)F)cc2)CC1)NC1CC1. The van der Waals surface area contributed by atoms with Crippen molar-refractivity contribution in [1.82, 2.24) is 15.1 Å². The standard InChI is InChI=1S/C17H22F3N3O2/c18-17(19,20)25-15-5-1-13(2-6-15)11-22-7-9-23(10-8-22)12-16(24)21-14-3-4-14/h1-2,5-6,14H,3-4,7-12H2,(H,21,24). The first-order valence-corrected chi connectivity index (χ1v) is 8.46. The van der Waals surface area contributed by atoms with Crippen molar-refractivity contribution in [2.24, 2.45) is 0 Å². The average molecular weight is 357 g/mol. The van der Waals surface area contributed by atoms with Gasteiger partial charge in [0.2, 0.25) is 5.91 Å². The van der Waals surface area contributed by atoms with E-state index in [1.807, 2.05) is 0 Å². The highest BCUT2D eigenvalue weighted by atomic mass is 19.4. The number of carbonyl (C=O) groups excluding carboxylic acids is 1. The highest BCUT2D eigenvalue weighted by molar-refractivity contribution is 5.78. The van der Waals surface area contributed by atoms with Crippen LogP contribution in [0.25, 0.3) is 0 Å². The number of carbonyl (C=O) groups is 1. The fourth-order valence-corrected chi connectivity index (χ4v) is 2.86. The van der Waals surface area contributed by atoms with E-state index in [1.165, 1.54) is 12.1 Å². The smallest absolute Gasteiger partial charge is 0.406 e. The van der Waals surface area contributed by atoms with Gasteiger partial charge in [-0.05, 0) is 30.5 Å². The number of alkyl halides is 3. The lowest BCUT2D eigenvalue weighted by Crippen LogP contribution is -2.49. The third kappa shape index (κ3) is 6.21. The van der Waals surface area contributed by atoms with Gasteiger partial charge in [0.15, 0.2) is 0 Å². The minimum atomic E-state index is -4.66. The number of amides is 1. The summed E-state index contributed by atoms with van der Waals surface area (Å²) in [6, 6.07) is 6.36. The van der Waals surface area contributed by atoms with Gasteiger partial charge in [0.1, 0.15) is 5.75 Å². The Morgan fingerprint density at radius 2 is 1.68 bits per heavy atom. The lowest BCUT2D eigenvalue weighted by Gasteiger charge is -2.34. The zero-order valence-corrected chi connectivity index (χ0v) is 13.9. The van der Waals surface area contributed by atoms with Crippen molar-refractivity contribution in [1.29, 1.82) is 0 Å². The molecule has 1 heterocycles. The zero-order chi connectivity index (χ0) is 17.9. The Morgan fingerprint density at radius 3 is 2.24 bits per heavy atom. The van der Waals surface area contributed by atoms with Crippen molar-refractivity contribution in [2.75, 3.05) is 32.7 Å². The molecule has 8 heteroatoms. The predicted molar refractivity (Wildman–Crippen MR) is 86.0 cm³/mol. The maximum absolute atomic E-state index is 12.2. The summed E-state index contributed by atoms with van der Waals surface area (Å²) in [6.45, 7) is 4.40. The highest BCUT2D eigenvalue weighted by Gasteiger charge is 2.31. The molecule has 1 saturated heterocycles. The number of nitrogens with zero attached hydrogens (tertiary/aromatic N) is 2. The van der Waals surface area contributed by atoms with Gasteiger partial charge in [-0.2, -0.15) is 0 Å². The molecular weight excluding hydrogens is 335 g/mol. The summed E-state index contributed by atoms with van der Waals surface area (Å²) in [5, 5.41) is 2.99. The van der Waals surface area contributed by atoms with Crippen LogP contribution in [0.15, 0.2) is 24.3 Å². The molecule has 1 aliphatic carbocycles. The van der Waals surface area contributed by atoms with Crippen molar-refractivity contribution in [3.05, 3.63) is 29.8 Å². The Balaban J connectivity index is 1.40. The molecule has 0 bridgehead atoms. The molecule has 1 saturated carbocycles. The van der Waals surface area contributed by atoms with E-state index in [4.69, 9.17) is 0 Å². The zero-order valence-electron chi connectivity index (χ0n) is 13.9. The van der Waals surface area contributed by atoms with Crippen LogP contribution in [0.1, 0.15) is 18.4 Å². The summed E-state index contributed by atoms with van der Waals surface area (Å²) in [5.41, 5.74) is 0.939. The third-order valence-corrected chi connectivity index (χ3v) is 4.34. The molecule has 3 rings (SSSR count). The van der Waals surface area contributed by atoms with E-state index < -0.39 is 6.36 Å². The molecule has 0 radical (unpaired) electrons. The van der Waals surface area contributed by atoms with E-state index in [9.17, 15) is 18.0 Å². The van der Waals surface area contributed by atoms with Crippen LogP contribution >= 0.6 is 0 Å². The van der Waals surface area contributed by atoms with Crippen LogP contribution in [0.5, 0.6) is 5.75 Å². The molecule has 1 aromatic rings. The number of rotatable bonds is 6. The van der Waals surface area contributed by atoms with E-state index in [1.54, 1.807) is 12.1 Å². The van der Waals surface area contributed by atoms with E-state index >= 15 is 0 Å². The summed E-state index contributed by atoms with van der Waals surface area (Å²) in [6.07, 6.45) is -2.48. The lowest BCUT2D eigenvalue weighted by molar-refractivity contribution is -0.274. The van der Waals surface area contributed by atoms with Crippen LogP contribution in [0, 0.1) is 0 Å². The Labute approximate surface area is 144 Å². The second-order valence-electron chi connectivity index (χ2n) is 6.59. The van der Waals surface area contributed by atoms with Crippen LogP contribution in [0.4, 0.5) is 13.2 Å². The molecule has 0 unspecified atom stereocenters. The van der Waals surface area contributed by atoms with Gasteiger partial charge < -0.3 is 10.1 Å². The maximum atomic E-state index is 12.2. The van der Waals surface area contributed by atoms with Gasteiger partial charge in [0, 0.05) is 38.8 Å². The summed E-state index contributed by atoms with van der Waals surface area (Å²) in [5.74, 6) is -0.112. The van der Waals surface area contributed by atoms with Crippen LogP contribution in [0.3, 0.4) is 0 Å². The number of hydrogen-bond donors (Lipinski definition) is 1. The third-order valence-electron chi connectivity index (χ3n) is 4.34. The summed E-state index contributed by atoms with van der Waals surface area (Å²) in [7, 11) is 0. The Bertz CT molecular complexity index is 580. The highest BCUT2D eigenvalue weighted by Crippen LogP contribution is 2.23. The summed E-state index contributed by atoms with van der Waals surface area (Å²) >= 11 is 0. The summed E-state index contributed by atoms with van der Waals surface area (Å²) in [4.78, 5) is 16.2. The second-order valence-corrected chi connectivity index (χ2v) is 6.59. The Kier molecular flexibility index (Phi) is 5.48. The fraction of sp³-hybridized carbons (Fsp3) is 0.588. The molecule has 1 aromatic carbocycles. The number of piperazine rings is 1. The van der Waals surface area contributed by atoms with Crippen LogP contribution in [-0.2, 0) is 11.3 Å². The van der Waals surface area contributed by atoms with Gasteiger partial charge >= 0.3 is 6.36 Å². The molecule has 1 N–H and O–H groups in total. The van der Waals surface area contributed by atoms with Crippen molar-refractivity contribution < 1.29 is 22.7 Å². The van der Waals surface area contributed by atoms with E-state index in [0.29, 0.717) is 19.1 Å². The molecule has 2 fully saturated rings. The maximum Gasteiger partial charge on any atom is 0.573 e. The van der Waals surface area contributed by atoms with Gasteiger partial charge in [-0.25, -0.2) is 0 Å². The van der Waals surface area contributed by atoms with Crippen LogP contribution in [-0.4, -0.2) is 60.8 Å². The second kappa shape index (κ2) is 7.61. The fourth-order valence-electron chi connectivity index (χ4n) is 2.86. The molecule has 138 valence electrons. The Hall–Kier alpha value is -1.80. The quantitative estimate of drug-likeness (QED) is 0.846. The van der Waals surface area contributed by atoms with Gasteiger partial charge in [0.05, 0.1) is 6.54 Å². The van der Waals surface area contributed by atoms with E-state index in [-0.39, 0.29) is 11.7 Å². The van der Waals surface area contributed by atoms with Crippen molar-refractivity contribution in [3.63, 3.8) is 0 Å². The first-order chi connectivity index (χ1) is 11.9. The van der Waals surface area contributed by atoms with E-state index in [2.05, 4.69) is 19.9 Å². The predicted octanol–water partition coefficient (Wildman–Crippen LogP) is 1.98. The van der Waals surface area contributed by atoms with Crippen LogP contribution < -0.4 is 10.1 Å². The number of hydrogen-bond acceptors (Lipinski definition) is 4. The molecule has 0 spiro atoms. The average Bonchev–Trinajstić information content (AvgIpc) is 3.33. The Morgan fingerprint density at radius 1 is 1.08 bits per heavy atom. The van der Waals surface area contributed by atoms with Gasteiger partial charge in [-0.15, -0.1) is 13.2 Å². The van der Waals surface area contributed by atoms with Crippen LogP contribution in [0.2, 0.25) is 0 Å². The summed E-state index contributed by atoms with van der Waals surface area (Å²) < 4.78 is 40.3. The van der Waals surface area contributed by atoms with Crippen molar-refractivity contribution >= 4 is 5.91 Å². The van der Waals surface area contributed by atoms with Gasteiger partial charge in [-0.1, -0.05) is 12.1 Å². The topological polar surface area (TPSA) is 44.8 Å². The molecule has 5 nitrogen and oxygen atoms in total. The number of ether oxygens (including phenoxy) is 1. The number of nitrogens with one attached hydrogen (secondary N) is 1. The molecule has 0 aromatic heterocycles. The van der Waals surface area contributed by atoms with Crippen molar-refractivity contribution in [3.8, 4) is 5.75 Å².